The van der Waals surface area contributed by atoms with Crippen molar-refractivity contribution < 1.29 is 22.7 Å². The molecule has 1 unspecified atom stereocenters. The normalized spacial score (nSPS) is 22.7. The molecule has 0 radical (unpaired) electrons. The number of rotatable bonds is 3. The van der Waals surface area contributed by atoms with Crippen molar-refractivity contribution in [3.8, 4) is 0 Å². The van der Waals surface area contributed by atoms with Gasteiger partial charge in [0.25, 0.3) is 0 Å². The molecule has 1 saturated carbocycles. The van der Waals surface area contributed by atoms with Crippen LogP contribution in [0, 0.1) is 5.92 Å². The first-order valence-electron chi connectivity index (χ1n) is 5.63. The Hall–Kier alpha value is -1.59. The van der Waals surface area contributed by atoms with Gasteiger partial charge < -0.3 is 4.74 Å². The minimum atomic E-state index is -4.43. The lowest BCUT2D eigenvalue weighted by atomic mass is 10.1. The smallest absolute Gasteiger partial charge is 0.433 e. The van der Waals surface area contributed by atoms with Crippen LogP contribution >= 0.6 is 0 Å². The van der Waals surface area contributed by atoms with E-state index in [0.717, 1.165) is 6.07 Å². The van der Waals surface area contributed by atoms with Crippen molar-refractivity contribution in [2.75, 3.05) is 6.61 Å². The van der Waals surface area contributed by atoms with Crippen molar-refractivity contribution in [3.05, 3.63) is 29.6 Å². The zero-order valence-electron chi connectivity index (χ0n) is 9.70. The van der Waals surface area contributed by atoms with Crippen LogP contribution in [0.2, 0.25) is 0 Å². The highest BCUT2D eigenvalue weighted by Crippen LogP contribution is 2.48. The largest absolute Gasteiger partial charge is 0.466 e. The van der Waals surface area contributed by atoms with E-state index in [1.54, 1.807) is 6.92 Å². The number of hydrogen-bond donors (Lipinski definition) is 0. The molecule has 1 aliphatic carbocycles. The second-order valence-electron chi connectivity index (χ2n) is 4.18. The van der Waals surface area contributed by atoms with Crippen LogP contribution in [0.3, 0.4) is 0 Å². The van der Waals surface area contributed by atoms with E-state index in [1.165, 1.54) is 12.3 Å². The van der Waals surface area contributed by atoms with Crippen molar-refractivity contribution >= 4 is 5.97 Å². The molecule has 1 aliphatic rings. The number of pyridine rings is 1. The van der Waals surface area contributed by atoms with E-state index in [4.69, 9.17) is 4.74 Å². The summed E-state index contributed by atoms with van der Waals surface area (Å²) in [5.74, 6) is -0.579. The van der Waals surface area contributed by atoms with Gasteiger partial charge in [0.2, 0.25) is 0 Å². The van der Waals surface area contributed by atoms with Gasteiger partial charge in [0.1, 0.15) is 5.69 Å². The number of hydrogen-bond acceptors (Lipinski definition) is 3. The molecule has 18 heavy (non-hydrogen) atoms. The second-order valence-corrected chi connectivity index (χ2v) is 4.18. The van der Waals surface area contributed by atoms with Crippen LogP contribution in [-0.2, 0) is 15.7 Å². The van der Waals surface area contributed by atoms with Crippen LogP contribution in [0.5, 0.6) is 0 Å². The molecule has 0 aliphatic heterocycles. The van der Waals surface area contributed by atoms with E-state index in [0.29, 0.717) is 18.6 Å². The molecule has 3 nitrogen and oxygen atoms in total. The van der Waals surface area contributed by atoms with Gasteiger partial charge in [-0.15, -0.1) is 0 Å². The minimum absolute atomic E-state index is 0.0566. The lowest BCUT2D eigenvalue weighted by molar-refractivity contribution is -0.145. The summed E-state index contributed by atoms with van der Waals surface area (Å²) in [6.07, 6.45) is -2.62. The van der Waals surface area contributed by atoms with Crippen LogP contribution in [0.1, 0.15) is 30.5 Å². The predicted molar refractivity (Wildman–Crippen MR) is 56.7 cm³/mol. The molecule has 98 valence electrons. The monoisotopic (exact) mass is 259 g/mol. The molecule has 0 N–H and O–H groups in total. The predicted octanol–water partition coefficient (Wildman–Crippen LogP) is 2.77. The summed E-state index contributed by atoms with van der Waals surface area (Å²) in [5.41, 5.74) is -0.263. The number of carbonyl (C=O) groups excluding carboxylic acids is 1. The highest BCUT2D eigenvalue weighted by molar-refractivity contribution is 5.77. The lowest BCUT2D eigenvalue weighted by Gasteiger charge is -2.06. The van der Waals surface area contributed by atoms with Gasteiger partial charge in [-0.1, -0.05) is 6.07 Å². The van der Waals surface area contributed by atoms with Crippen LogP contribution in [0.25, 0.3) is 0 Å². The average molecular weight is 259 g/mol. The molecule has 1 aromatic rings. The Labute approximate surface area is 102 Å². The van der Waals surface area contributed by atoms with Gasteiger partial charge >= 0.3 is 12.1 Å². The van der Waals surface area contributed by atoms with Crippen LogP contribution in [-0.4, -0.2) is 17.6 Å². The maximum absolute atomic E-state index is 12.3. The van der Waals surface area contributed by atoms with Crippen LogP contribution in [0.4, 0.5) is 13.2 Å². The summed E-state index contributed by atoms with van der Waals surface area (Å²) in [5, 5.41) is 0. The maximum Gasteiger partial charge on any atom is 0.433 e. The Morgan fingerprint density at radius 3 is 2.72 bits per heavy atom. The second kappa shape index (κ2) is 4.59. The summed E-state index contributed by atoms with van der Waals surface area (Å²) in [4.78, 5) is 14.8. The van der Waals surface area contributed by atoms with Gasteiger partial charge in [-0.2, -0.15) is 13.2 Å². The van der Waals surface area contributed by atoms with E-state index in [2.05, 4.69) is 4.98 Å². The van der Waals surface area contributed by atoms with Crippen molar-refractivity contribution in [1.82, 2.24) is 4.98 Å². The fourth-order valence-electron chi connectivity index (χ4n) is 1.87. The van der Waals surface area contributed by atoms with E-state index < -0.39 is 11.9 Å². The summed E-state index contributed by atoms with van der Waals surface area (Å²) >= 11 is 0. The molecule has 2 rings (SSSR count). The molecular weight excluding hydrogens is 247 g/mol. The summed E-state index contributed by atoms with van der Waals surface area (Å²) in [7, 11) is 0. The Bertz CT molecular complexity index is 442. The number of esters is 1. The summed E-state index contributed by atoms with van der Waals surface area (Å²) < 4.78 is 41.8. The first-order valence-corrected chi connectivity index (χ1v) is 5.63. The van der Waals surface area contributed by atoms with Gasteiger partial charge in [0, 0.05) is 6.20 Å². The van der Waals surface area contributed by atoms with Gasteiger partial charge in [0.05, 0.1) is 12.5 Å². The molecule has 2 atom stereocenters. The Morgan fingerprint density at radius 2 is 2.22 bits per heavy atom. The molecule has 1 aromatic heterocycles. The highest BCUT2D eigenvalue weighted by Gasteiger charge is 2.45. The van der Waals surface area contributed by atoms with Crippen molar-refractivity contribution in [1.29, 1.82) is 0 Å². The fourth-order valence-corrected chi connectivity index (χ4v) is 1.87. The Morgan fingerprint density at radius 1 is 1.50 bits per heavy atom. The topological polar surface area (TPSA) is 39.2 Å². The van der Waals surface area contributed by atoms with Crippen molar-refractivity contribution in [2.45, 2.75) is 25.4 Å². The van der Waals surface area contributed by atoms with Gasteiger partial charge in [-0.05, 0) is 30.9 Å². The number of alkyl halides is 3. The lowest BCUT2D eigenvalue weighted by Crippen LogP contribution is -2.09. The molecule has 0 bridgehead atoms. The Balaban J connectivity index is 2.03. The van der Waals surface area contributed by atoms with E-state index >= 15 is 0 Å². The van der Waals surface area contributed by atoms with E-state index in [1.807, 2.05) is 0 Å². The van der Waals surface area contributed by atoms with Gasteiger partial charge in [0.15, 0.2) is 0 Å². The number of ether oxygens (including phenoxy) is 1. The third kappa shape index (κ3) is 2.63. The zero-order valence-corrected chi connectivity index (χ0v) is 9.70. The van der Waals surface area contributed by atoms with Crippen molar-refractivity contribution in [2.24, 2.45) is 5.92 Å². The molecule has 0 saturated heterocycles. The van der Waals surface area contributed by atoms with Gasteiger partial charge in [-0.25, -0.2) is 0 Å². The first kappa shape index (κ1) is 12.9. The molecule has 0 spiro atoms. The zero-order chi connectivity index (χ0) is 13.3. The molecule has 6 heteroatoms. The standard InChI is InChI=1S/C12H12F3NO2/c1-2-18-11(17)9-5-8(9)7-3-4-10(16-6-7)12(13,14)15/h3-4,6,8-9H,2,5H2,1H3/t8?,9-/m0/s1. The third-order valence-corrected chi connectivity index (χ3v) is 2.88. The molecule has 0 amide bonds. The molecule has 1 heterocycles. The quantitative estimate of drug-likeness (QED) is 0.783. The number of aromatic nitrogens is 1. The van der Waals surface area contributed by atoms with Crippen molar-refractivity contribution in [3.63, 3.8) is 0 Å². The van der Waals surface area contributed by atoms with E-state index in [-0.39, 0.29) is 17.8 Å². The summed E-state index contributed by atoms with van der Waals surface area (Å²) in [6.45, 7) is 2.03. The maximum atomic E-state index is 12.3. The first-order chi connectivity index (χ1) is 8.43. The number of carbonyl (C=O) groups is 1. The van der Waals surface area contributed by atoms with E-state index in [9.17, 15) is 18.0 Å². The average Bonchev–Trinajstić information content (AvgIpc) is 3.08. The Kier molecular flexibility index (Phi) is 3.28. The SMILES string of the molecule is CCOC(=O)[C@H]1CC1c1ccc(C(F)(F)F)nc1. The number of halogens is 3. The minimum Gasteiger partial charge on any atom is -0.466 e. The van der Waals surface area contributed by atoms with Gasteiger partial charge in [-0.3, -0.25) is 9.78 Å². The highest BCUT2D eigenvalue weighted by atomic mass is 19.4. The molecular formula is C12H12F3NO2. The summed E-state index contributed by atoms with van der Waals surface area (Å²) in [6, 6.07) is 2.32. The number of nitrogens with zero attached hydrogens (tertiary/aromatic N) is 1. The molecule has 1 fully saturated rings. The third-order valence-electron chi connectivity index (χ3n) is 2.88. The molecule has 0 aromatic carbocycles. The van der Waals surface area contributed by atoms with Crippen LogP contribution < -0.4 is 0 Å². The van der Waals surface area contributed by atoms with Crippen LogP contribution in [0.15, 0.2) is 18.3 Å². The fraction of sp³-hybridized carbons (Fsp3) is 0.500.